The Morgan fingerprint density at radius 1 is 1.12 bits per heavy atom. The molecule has 2 heterocycles. The lowest BCUT2D eigenvalue weighted by Crippen LogP contribution is -2.17. The number of carbonyl (C=O) groups excluding carboxylic acids is 1. The number of esters is 1. The first-order valence-corrected chi connectivity index (χ1v) is 10.7. The van der Waals surface area contributed by atoms with Crippen LogP contribution in [0.2, 0.25) is 10.0 Å². The lowest BCUT2D eigenvalue weighted by molar-refractivity contribution is -0.274. The fourth-order valence-corrected chi connectivity index (χ4v) is 3.81. The average molecular weight is 514 g/mol. The van der Waals surface area contributed by atoms with Crippen molar-refractivity contribution in [2.75, 3.05) is 6.61 Å². The number of halogens is 5. The molecule has 0 aliphatic heterocycles. The minimum atomic E-state index is -4.86. The molecule has 0 amide bonds. The van der Waals surface area contributed by atoms with Crippen molar-refractivity contribution in [2.24, 2.45) is 0 Å². The van der Waals surface area contributed by atoms with Crippen LogP contribution < -0.4 is 4.74 Å². The van der Waals surface area contributed by atoms with E-state index >= 15 is 0 Å². The third kappa shape index (κ3) is 5.28. The van der Waals surface area contributed by atoms with Gasteiger partial charge in [0, 0.05) is 34.8 Å². The van der Waals surface area contributed by atoms with Gasteiger partial charge in [0.1, 0.15) is 5.75 Å². The fourth-order valence-electron chi connectivity index (χ4n) is 3.32. The number of hydrogen-bond donors (Lipinski definition) is 0. The van der Waals surface area contributed by atoms with Gasteiger partial charge in [-0.3, -0.25) is 4.79 Å². The second kappa shape index (κ2) is 9.55. The van der Waals surface area contributed by atoms with Crippen LogP contribution in [-0.4, -0.2) is 33.6 Å². The van der Waals surface area contributed by atoms with Gasteiger partial charge in [-0.1, -0.05) is 28.4 Å². The number of ether oxygens (including phenoxy) is 2. The highest BCUT2D eigenvalue weighted by atomic mass is 35.5. The Hall–Kier alpha value is -3.24. The van der Waals surface area contributed by atoms with Crippen molar-refractivity contribution in [2.45, 2.75) is 26.3 Å². The predicted molar refractivity (Wildman–Crippen MR) is 119 cm³/mol. The van der Waals surface area contributed by atoms with E-state index in [1.165, 1.54) is 12.1 Å². The van der Waals surface area contributed by atoms with E-state index in [0.29, 0.717) is 29.3 Å². The van der Waals surface area contributed by atoms with Gasteiger partial charge in [-0.05, 0) is 43.3 Å². The van der Waals surface area contributed by atoms with E-state index in [1.54, 1.807) is 25.3 Å². The third-order valence-electron chi connectivity index (χ3n) is 4.78. The molecule has 2 aromatic carbocycles. The normalized spacial score (nSPS) is 11.7. The zero-order valence-electron chi connectivity index (χ0n) is 17.5. The van der Waals surface area contributed by atoms with Gasteiger partial charge in [-0.2, -0.15) is 4.98 Å². The average Bonchev–Trinajstić information content (AvgIpc) is 3.38. The van der Waals surface area contributed by atoms with E-state index in [-0.39, 0.29) is 29.1 Å². The summed E-state index contributed by atoms with van der Waals surface area (Å²) < 4.78 is 53.2. The van der Waals surface area contributed by atoms with Crippen LogP contribution in [0.4, 0.5) is 13.2 Å². The molecule has 178 valence electrons. The van der Waals surface area contributed by atoms with Crippen LogP contribution in [0.3, 0.4) is 0 Å². The highest BCUT2D eigenvalue weighted by molar-refractivity contribution is 6.35. The van der Waals surface area contributed by atoms with Crippen molar-refractivity contribution in [1.82, 2.24) is 14.7 Å². The second-order valence-electron chi connectivity index (χ2n) is 7.07. The first kappa shape index (κ1) is 23.9. The smallest absolute Gasteiger partial charge is 0.466 e. The highest BCUT2D eigenvalue weighted by Gasteiger charge is 2.32. The summed E-state index contributed by atoms with van der Waals surface area (Å²) in [5, 5.41) is 4.90. The molecule has 0 bridgehead atoms. The number of aromatic nitrogens is 3. The van der Waals surface area contributed by atoms with E-state index in [2.05, 4.69) is 14.9 Å². The first-order valence-electron chi connectivity index (χ1n) is 9.98. The number of rotatable bonds is 7. The van der Waals surface area contributed by atoms with Gasteiger partial charge in [0.15, 0.2) is 0 Å². The quantitative estimate of drug-likeness (QED) is 0.262. The molecule has 0 saturated carbocycles. The van der Waals surface area contributed by atoms with Crippen molar-refractivity contribution in [1.29, 1.82) is 0 Å². The van der Waals surface area contributed by atoms with E-state index in [0.717, 1.165) is 17.0 Å². The Morgan fingerprint density at radius 3 is 2.59 bits per heavy atom. The minimum Gasteiger partial charge on any atom is -0.466 e. The molecular formula is C22H16Cl2F3N3O4. The molecule has 0 saturated heterocycles. The zero-order chi connectivity index (χ0) is 24.5. The Bertz CT molecular complexity index is 1350. The van der Waals surface area contributed by atoms with Crippen LogP contribution in [0.1, 0.15) is 13.3 Å². The van der Waals surface area contributed by atoms with Crippen LogP contribution in [0.25, 0.3) is 33.7 Å². The van der Waals surface area contributed by atoms with E-state index in [9.17, 15) is 18.0 Å². The Morgan fingerprint density at radius 2 is 1.88 bits per heavy atom. The van der Waals surface area contributed by atoms with Crippen LogP contribution in [0.15, 0.2) is 47.1 Å². The monoisotopic (exact) mass is 513 g/mol. The Labute approximate surface area is 201 Å². The maximum atomic E-state index is 12.4. The van der Waals surface area contributed by atoms with Gasteiger partial charge < -0.3 is 18.6 Å². The predicted octanol–water partition coefficient (Wildman–Crippen LogP) is 6.52. The highest BCUT2D eigenvalue weighted by Crippen LogP contribution is 2.35. The van der Waals surface area contributed by atoms with Crippen molar-refractivity contribution in [3.8, 4) is 28.6 Å². The maximum absolute atomic E-state index is 12.4. The molecule has 4 rings (SSSR count). The maximum Gasteiger partial charge on any atom is 0.573 e. The van der Waals surface area contributed by atoms with Crippen molar-refractivity contribution in [3.05, 3.63) is 52.6 Å². The lowest BCUT2D eigenvalue weighted by atomic mass is 10.1. The summed E-state index contributed by atoms with van der Waals surface area (Å²) in [6.45, 7) is 2.47. The van der Waals surface area contributed by atoms with Crippen LogP contribution >= 0.6 is 23.2 Å². The lowest BCUT2D eigenvalue weighted by Gasteiger charge is -2.10. The molecule has 34 heavy (non-hydrogen) atoms. The summed E-state index contributed by atoms with van der Waals surface area (Å²) in [6, 6.07) is 9.00. The molecule has 12 heteroatoms. The SMILES string of the molecule is CCOC(=O)CCn1cc(Cl)c2cc(-c3noc(-c4ccc(OC(F)(F)F)c(Cl)c4)n3)ccc21. The number of benzene rings is 2. The molecule has 0 aliphatic carbocycles. The standard InChI is InChI=1S/C22H16Cl2F3N3O4/c1-2-32-19(31)7-8-30-11-16(24)14-9-12(3-5-17(14)30)20-28-21(34-29-20)13-4-6-18(15(23)10-13)33-22(25,26)27/h3-6,9-11H,2,7-8H2,1H3. The van der Waals surface area contributed by atoms with Crippen LogP contribution in [0.5, 0.6) is 5.75 Å². The molecule has 2 aromatic heterocycles. The summed E-state index contributed by atoms with van der Waals surface area (Å²) in [5.41, 5.74) is 1.74. The zero-order valence-corrected chi connectivity index (χ0v) is 19.0. The molecule has 7 nitrogen and oxygen atoms in total. The first-order chi connectivity index (χ1) is 16.1. The van der Waals surface area contributed by atoms with Gasteiger partial charge in [0.2, 0.25) is 5.82 Å². The van der Waals surface area contributed by atoms with Gasteiger partial charge in [0.25, 0.3) is 5.89 Å². The van der Waals surface area contributed by atoms with Gasteiger partial charge in [-0.25, -0.2) is 0 Å². The van der Waals surface area contributed by atoms with E-state index < -0.39 is 12.1 Å². The van der Waals surface area contributed by atoms with Crippen molar-refractivity contribution >= 4 is 40.1 Å². The number of carbonyl (C=O) groups is 1. The largest absolute Gasteiger partial charge is 0.573 e. The Balaban J connectivity index is 1.57. The van der Waals surface area contributed by atoms with Crippen LogP contribution in [0, 0.1) is 0 Å². The van der Waals surface area contributed by atoms with Crippen molar-refractivity contribution in [3.63, 3.8) is 0 Å². The molecule has 0 spiro atoms. The van der Waals surface area contributed by atoms with E-state index in [1.807, 2.05) is 10.6 Å². The number of nitrogens with zero attached hydrogens (tertiary/aromatic N) is 3. The molecule has 4 aromatic rings. The van der Waals surface area contributed by atoms with E-state index in [4.69, 9.17) is 32.5 Å². The Kier molecular flexibility index (Phi) is 6.72. The minimum absolute atomic E-state index is 0.0636. The molecule has 0 radical (unpaired) electrons. The van der Waals surface area contributed by atoms with Gasteiger partial charge in [0.05, 0.1) is 23.1 Å². The number of alkyl halides is 3. The van der Waals surface area contributed by atoms with Crippen LogP contribution in [-0.2, 0) is 16.1 Å². The third-order valence-corrected chi connectivity index (χ3v) is 5.38. The summed E-state index contributed by atoms with van der Waals surface area (Å²) in [6.07, 6.45) is -2.93. The summed E-state index contributed by atoms with van der Waals surface area (Å²) in [4.78, 5) is 16.0. The van der Waals surface area contributed by atoms with Gasteiger partial charge in [-0.15, -0.1) is 13.2 Å². The molecule has 0 atom stereocenters. The molecule has 0 fully saturated rings. The molecule has 0 unspecified atom stereocenters. The number of aryl methyl sites for hydroxylation is 1. The molecule has 0 aliphatic rings. The second-order valence-corrected chi connectivity index (χ2v) is 7.89. The number of hydrogen-bond acceptors (Lipinski definition) is 6. The fraction of sp³-hybridized carbons (Fsp3) is 0.227. The van der Waals surface area contributed by atoms with Gasteiger partial charge >= 0.3 is 12.3 Å². The van der Waals surface area contributed by atoms with Crippen molar-refractivity contribution < 1.29 is 32.0 Å². The number of fused-ring (bicyclic) bond motifs is 1. The summed E-state index contributed by atoms with van der Waals surface area (Å²) in [7, 11) is 0. The molecular weight excluding hydrogens is 498 g/mol. The topological polar surface area (TPSA) is 79.4 Å². The molecule has 0 N–H and O–H groups in total. The summed E-state index contributed by atoms with van der Waals surface area (Å²) >= 11 is 12.3. The summed E-state index contributed by atoms with van der Waals surface area (Å²) in [5.74, 6) is -0.521.